The molecule has 0 saturated heterocycles. The third kappa shape index (κ3) is 4.84. The smallest absolute Gasteiger partial charge is 0.132 e. The largest absolute Gasteiger partial charge is 0.457 e. The maximum Gasteiger partial charge on any atom is 0.132 e. The van der Waals surface area contributed by atoms with Crippen molar-refractivity contribution in [3.63, 3.8) is 0 Å². The van der Waals surface area contributed by atoms with Crippen LogP contribution >= 0.6 is 0 Å². The minimum atomic E-state index is -0.542. The summed E-state index contributed by atoms with van der Waals surface area (Å²) in [6.45, 7) is 0. The van der Waals surface area contributed by atoms with Crippen LogP contribution in [0.4, 0.5) is 17.1 Å². The molecule has 2 spiro atoms. The molecule has 0 radical (unpaired) electrons. The van der Waals surface area contributed by atoms with Crippen molar-refractivity contribution in [3.8, 4) is 56.4 Å². The number of fused-ring (bicyclic) bond motifs is 18. The summed E-state index contributed by atoms with van der Waals surface area (Å²) in [5.41, 5.74) is 19.1. The second-order valence-electron chi connectivity index (χ2n) is 17.5. The first-order valence-electron chi connectivity index (χ1n) is 22.4. The zero-order chi connectivity index (χ0) is 42.7. The molecule has 65 heavy (non-hydrogen) atoms. The number of para-hydroxylation sites is 4. The lowest BCUT2D eigenvalue weighted by atomic mass is 9.66. The van der Waals surface area contributed by atoms with E-state index in [9.17, 15) is 0 Å². The highest BCUT2D eigenvalue weighted by molar-refractivity contribution is 5.94. The van der Waals surface area contributed by atoms with Crippen molar-refractivity contribution in [1.82, 2.24) is 0 Å². The fourth-order valence-corrected chi connectivity index (χ4v) is 11.9. The predicted octanol–water partition coefficient (Wildman–Crippen LogP) is 15.8. The highest BCUT2D eigenvalue weighted by Gasteiger charge is 2.52. The van der Waals surface area contributed by atoms with Gasteiger partial charge in [-0.25, -0.2) is 0 Å². The van der Waals surface area contributed by atoms with E-state index in [1.54, 1.807) is 0 Å². The SMILES string of the molecule is c1ccc(-c2ccc(N(c3ccc4c(c3)-c3ccccc3C43c4ccccc4Oc4ccccc43)c3ccc4c(c3)-c3ccccc3C43c4ccccc4Oc4ccccc43)cc2)cc1. The van der Waals surface area contributed by atoms with Crippen molar-refractivity contribution in [1.29, 1.82) is 0 Å². The number of hydrogen-bond acceptors (Lipinski definition) is 3. The van der Waals surface area contributed by atoms with Crippen molar-refractivity contribution in [3.05, 3.63) is 281 Å². The Morgan fingerprint density at radius 2 is 0.569 bits per heavy atom. The minimum Gasteiger partial charge on any atom is -0.457 e. The van der Waals surface area contributed by atoms with E-state index in [2.05, 4.69) is 241 Å². The standard InChI is InChI=1S/C62H39NO2/c1-2-16-40(17-3-1)41-30-32-42(33-31-41)63(43-34-36-51-47(38-43)45-18-4-6-20-49(45)61(51)53-22-8-12-26-57(53)64-58-27-13-9-23-54(58)61)44-35-37-52-48(39-44)46-19-5-7-21-50(46)62(52)55-24-10-14-28-59(55)65-60-29-15-11-25-56(60)62/h1-39H. The van der Waals surface area contributed by atoms with E-state index in [4.69, 9.17) is 9.47 Å². The van der Waals surface area contributed by atoms with Gasteiger partial charge in [0.1, 0.15) is 23.0 Å². The van der Waals surface area contributed by atoms with Crippen molar-refractivity contribution < 1.29 is 9.47 Å². The quantitative estimate of drug-likeness (QED) is 0.176. The van der Waals surface area contributed by atoms with Crippen molar-refractivity contribution in [2.24, 2.45) is 0 Å². The Kier molecular flexibility index (Phi) is 7.53. The van der Waals surface area contributed by atoms with E-state index in [1.165, 1.54) is 55.6 Å². The average Bonchev–Trinajstić information content (AvgIpc) is 3.82. The lowest BCUT2D eigenvalue weighted by Gasteiger charge is -2.39. The van der Waals surface area contributed by atoms with Crippen molar-refractivity contribution in [2.75, 3.05) is 4.90 Å². The highest BCUT2D eigenvalue weighted by atomic mass is 16.5. The molecule has 0 fully saturated rings. The van der Waals surface area contributed by atoms with Crippen LogP contribution in [0.5, 0.6) is 23.0 Å². The van der Waals surface area contributed by atoms with E-state index < -0.39 is 10.8 Å². The number of hydrogen-bond donors (Lipinski definition) is 0. The number of ether oxygens (including phenoxy) is 2. The van der Waals surface area contributed by atoms with Gasteiger partial charge in [-0.05, 0) is 116 Å². The van der Waals surface area contributed by atoms with Gasteiger partial charge < -0.3 is 14.4 Å². The van der Waals surface area contributed by atoms with Crippen LogP contribution in [0.1, 0.15) is 44.5 Å². The molecule has 0 amide bonds. The van der Waals surface area contributed by atoms with E-state index in [1.807, 2.05) is 0 Å². The molecule has 3 heteroatoms. The topological polar surface area (TPSA) is 21.7 Å². The zero-order valence-electron chi connectivity index (χ0n) is 35.3. The molecule has 304 valence electrons. The maximum absolute atomic E-state index is 6.64. The van der Waals surface area contributed by atoms with Crippen LogP contribution in [-0.2, 0) is 10.8 Å². The lowest BCUT2D eigenvalue weighted by molar-refractivity contribution is 0.436. The summed E-state index contributed by atoms with van der Waals surface area (Å²) in [4.78, 5) is 2.44. The summed E-state index contributed by atoms with van der Waals surface area (Å²) < 4.78 is 13.3. The number of anilines is 3. The first kappa shape index (κ1) is 36.1. The van der Waals surface area contributed by atoms with Gasteiger partial charge in [-0.3, -0.25) is 0 Å². The fraction of sp³-hybridized carbons (Fsp3) is 0.0323. The molecule has 4 aliphatic rings. The molecule has 2 heterocycles. The van der Waals surface area contributed by atoms with Crippen LogP contribution in [0, 0.1) is 0 Å². The fourth-order valence-electron chi connectivity index (χ4n) is 11.9. The number of benzene rings is 10. The molecule has 0 N–H and O–H groups in total. The first-order chi connectivity index (χ1) is 32.2. The Balaban J connectivity index is 1.00. The van der Waals surface area contributed by atoms with Crippen LogP contribution in [0.25, 0.3) is 33.4 Å². The molecular weight excluding hydrogens is 791 g/mol. The normalized spacial score (nSPS) is 14.3. The summed E-state index contributed by atoms with van der Waals surface area (Å²) in [6.07, 6.45) is 0. The van der Waals surface area contributed by atoms with Crippen LogP contribution in [0.15, 0.2) is 237 Å². The Hall–Kier alpha value is -8.40. The Morgan fingerprint density at radius 1 is 0.246 bits per heavy atom. The van der Waals surface area contributed by atoms with Gasteiger partial charge in [-0.1, -0.05) is 176 Å². The summed E-state index contributed by atoms with van der Waals surface area (Å²) in [6, 6.07) is 86.1. The van der Waals surface area contributed by atoms with Gasteiger partial charge in [0.05, 0.1) is 10.8 Å². The van der Waals surface area contributed by atoms with Crippen LogP contribution in [0.3, 0.4) is 0 Å². The molecule has 10 aromatic rings. The molecule has 3 nitrogen and oxygen atoms in total. The third-order valence-electron chi connectivity index (χ3n) is 14.4. The van der Waals surface area contributed by atoms with Gasteiger partial charge in [0, 0.05) is 39.3 Å². The summed E-state index contributed by atoms with van der Waals surface area (Å²) in [5, 5.41) is 0. The molecule has 0 unspecified atom stereocenters. The van der Waals surface area contributed by atoms with Gasteiger partial charge in [0.2, 0.25) is 0 Å². The number of nitrogens with zero attached hydrogens (tertiary/aromatic N) is 1. The first-order valence-corrected chi connectivity index (χ1v) is 22.4. The Bertz CT molecular complexity index is 3280. The molecule has 0 atom stereocenters. The van der Waals surface area contributed by atoms with Gasteiger partial charge in [0.25, 0.3) is 0 Å². The second kappa shape index (κ2) is 13.6. The predicted molar refractivity (Wildman–Crippen MR) is 261 cm³/mol. The minimum absolute atomic E-state index is 0.542. The van der Waals surface area contributed by atoms with E-state index in [0.717, 1.165) is 62.3 Å². The zero-order valence-corrected chi connectivity index (χ0v) is 35.3. The highest BCUT2D eigenvalue weighted by Crippen LogP contribution is 2.64. The molecule has 10 aromatic carbocycles. The van der Waals surface area contributed by atoms with Gasteiger partial charge in [0.15, 0.2) is 0 Å². The van der Waals surface area contributed by atoms with E-state index >= 15 is 0 Å². The molecule has 2 aliphatic heterocycles. The molecule has 2 aliphatic carbocycles. The summed E-state index contributed by atoms with van der Waals surface area (Å²) >= 11 is 0. The van der Waals surface area contributed by atoms with Gasteiger partial charge >= 0.3 is 0 Å². The third-order valence-corrected chi connectivity index (χ3v) is 14.4. The van der Waals surface area contributed by atoms with E-state index in [0.29, 0.717) is 0 Å². The van der Waals surface area contributed by atoms with Gasteiger partial charge in [-0.15, -0.1) is 0 Å². The van der Waals surface area contributed by atoms with Crippen LogP contribution in [0.2, 0.25) is 0 Å². The number of rotatable bonds is 4. The lowest BCUT2D eigenvalue weighted by Crippen LogP contribution is -2.32. The average molecular weight is 830 g/mol. The van der Waals surface area contributed by atoms with Crippen molar-refractivity contribution >= 4 is 17.1 Å². The van der Waals surface area contributed by atoms with Gasteiger partial charge in [-0.2, -0.15) is 0 Å². The van der Waals surface area contributed by atoms with E-state index in [-0.39, 0.29) is 0 Å². The molecule has 0 bridgehead atoms. The molecule has 0 saturated carbocycles. The van der Waals surface area contributed by atoms with Crippen LogP contribution in [-0.4, -0.2) is 0 Å². The van der Waals surface area contributed by atoms with Crippen molar-refractivity contribution in [2.45, 2.75) is 10.8 Å². The monoisotopic (exact) mass is 829 g/mol. The summed E-state index contributed by atoms with van der Waals surface area (Å²) in [5.74, 6) is 3.57. The molecular formula is C62H39NO2. The summed E-state index contributed by atoms with van der Waals surface area (Å²) in [7, 11) is 0. The van der Waals surface area contributed by atoms with Crippen LogP contribution < -0.4 is 14.4 Å². The Labute approximate surface area is 378 Å². The Morgan fingerprint density at radius 3 is 1.00 bits per heavy atom. The molecule has 0 aromatic heterocycles. The second-order valence-corrected chi connectivity index (χ2v) is 17.5. The molecule has 14 rings (SSSR count). The maximum atomic E-state index is 6.64.